The van der Waals surface area contributed by atoms with E-state index in [0.29, 0.717) is 12.8 Å². The molecule has 2 nitrogen and oxygen atoms in total. The minimum absolute atomic E-state index is 0.399. The first kappa shape index (κ1) is 11.6. The molecule has 1 unspecified atom stereocenters. The first-order valence-electron chi connectivity index (χ1n) is 4.97. The maximum Gasteiger partial charge on any atom is 0.119 e. The zero-order valence-electron chi connectivity index (χ0n) is 9.16. The Bertz CT molecular complexity index is 360. The third kappa shape index (κ3) is 4.05. The van der Waals surface area contributed by atoms with Crippen molar-refractivity contribution in [1.29, 1.82) is 0 Å². The van der Waals surface area contributed by atoms with Crippen LogP contribution in [0.25, 0.3) is 0 Å². The third-order valence-corrected chi connectivity index (χ3v) is 2.12. The maximum absolute atomic E-state index is 9.65. The van der Waals surface area contributed by atoms with Crippen LogP contribution in [-0.4, -0.2) is 18.3 Å². The molecule has 0 heterocycles. The normalized spacial score (nSPS) is 11.4. The van der Waals surface area contributed by atoms with E-state index in [2.05, 4.69) is 11.8 Å². The lowest BCUT2D eigenvalue weighted by molar-refractivity contribution is 0.180. The lowest BCUT2D eigenvalue weighted by Gasteiger charge is -2.08. The standard InChI is InChI=1S/C13H16O2/c1-3-4-7-12(14)9-11-6-5-8-13(10-11)15-2/h5-6,8,10,12,14H,7,9H2,1-2H3. The number of benzene rings is 1. The lowest BCUT2D eigenvalue weighted by atomic mass is 10.1. The molecular weight excluding hydrogens is 188 g/mol. The van der Waals surface area contributed by atoms with Gasteiger partial charge in [0.15, 0.2) is 0 Å². The second-order valence-corrected chi connectivity index (χ2v) is 3.34. The van der Waals surface area contributed by atoms with Crippen LogP contribution in [0.1, 0.15) is 18.9 Å². The van der Waals surface area contributed by atoms with Gasteiger partial charge >= 0.3 is 0 Å². The number of hydrogen-bond acceptors (Lipinski definition) is 2. The highest BCUT2D eigenvalue weighted by molar-refractivity contribution is 5.28. The maximum atomic E-state index is 9.65. The van der Waals surface area contributed by atoms with Gasteiger partial charge in [-0.3, -0.25) is 0 Å². The Morgan fingerprint density at radius 3 is 2.93 bits per heavy atom. The molecule has 0 aliphatic heterocycles. The van der Waals surface area contributed by atoms with Crippen LogP contribution >= 0.6 is 0 Å². The van der Waals surface area contributed by atoms with Crippen LogP contribution in [0.2, 0.25) is 0 Å². The Hall–Kier alpha value is -1.46. The number of aliphatic hydroxyl groups is 1. The van der Waals surface area contributed by atoms with Gasteiger partial charge in [0.2, 0.25) is 0 Å². The van der Waals surface area contributed by atoms with Gasteiger partial charge in [-0.2, -0.15) is 0 Å². The molecule has 0 aliphatic rings. The summed E-state index contributed by atoms with van der Waals surface area (Å²) in [5, 5.41) is 9.65. The van der Waals surface area contributed by atoms with Crippen molar-refractivity contribution in [2.75, 3.05) is 7.11 Å². The highest BCUT2D eigenvalue weighted by Gasteiger charge is 2.04. The molecule has 0 aliphatic carbocycles. The topological polar surface area (TPSA) is 29.5 Å². The van der Waals surface area contributed by atoms with Gasteiger partial charge in [0.05, 0.1) is 13.2 Å². The van der Waals surface area contributed by atoms with E-state index in [9.17, 15) is 5.11 Å². The molecule has 0 saturated heterocycles. The molecule has 0 aromatic heterocycles. The molecule has 1 atom stereocenters. The van der Waals surface area contributed by atoms with Gasteiger partial charge in [0.25, 0.3) is 0 Å². The molecule has 0 fully saturated rings. The summed E-state index contributed by atoms with van der Waals surface area (Å²) in [6.45, 7) is 1.78. The Kier molecular flexibility index (Phi) is 4.73. The zero-order valence-corrected chi connectivity index (χ0v) is 9.16. The van der Waals surface area contributed by atoms with Crippen LogP contribution in [0.15, 0.2) is 24.3 Å². The Morgan fingerprint density at radius 1 is 1.47 bits per heavy atom. The molecule has 80 valence electrons. The molecular formula is C13H16O2. The van der Waals surface area contributed by atoms with E-state index in [1.807, 2.05) is 24.3 Å². The summed E-state index contributed by atoms with van der Waals surface area (Å²) in [7, 11) is 1.64. The molecule has 1 aromatic rings. The van der Waals surface area contributed by atoms with E-state index in [1.54, 1.807) is 14.0 Å². The van der Waals surface area contributed by atoms with Crippen molar-refractivity contribution in [2.24, 2.45) is 0 Å². The summed E-state index contributed by atoms with van der Waals surface area (Å²) in [5.74, 6) is 6.46. The average molecular weight is 204 g/mol. The first-order valence-corrected chi connectivity index (χ1v) is 4.97. The van der Waals surface area contributed by atoms with E-state index >= 15 is 0 Å². The summed E-state index contributed by atoms with van der Waals surface area (Å²) >= 11 is 0. The zero-order chi connectivity index (χ0) is 11.1. The molecule has 0 spiro atoms. The molecule has 15 heavy (non-hydrogen) atoms. The summed E-state index contributed by atoms with van der Waals surface area (Å²) in [6.07, 6.45) is 0.740. The van der Waals surface area contributed by atoms with E-state index in [0.717, 1.165) is 11.3 Å². The Labute approximate surface area is 90.9 Å². The van der Waals surface area contributed by atoms with Crippen molar-refractivity contribution >= 4 is 0 Å². The Balaban J connectivity index is 2.58. The SMILES string of the molecule is CC#CCC(O)Cc1cccc(OC)c1. The summed E-state index contributed by atoms with van der Waals surface area (Å²) in [5.41, 5.74) is 1.07. The fourth-order valence-electron chi connectivity index (χ4n) is 1.36. The summed E-state index contributed by atoms with van der Waals surface area (Å²) in [6, 6.07) is 7.72. The molecule has 1 aromatic carbocycles. The number of hydrogen-bond donors (Lipinski definition) is 1. The van der Waals surface area contributed by atoms with E-state index in [4.69, 9.17) is 4.74 Å². The number of aliphatic hydroxyl groups excluding tert-OH is 1. The van der Waals surface area contributed by atoms with Crippen molar-refractivity contribution in [3.8, 4) is 17.6 Å². The predicted octanol–water partition coefficient (Wildman–Crippen LogP) is 2.01. The molecule has 1 N–H and O–H groups in total. The second kappa shape index (κ2) is 6.10. The summed E-state index contributed by atoms with van der Waals surface area (Å²) in [4.78, 5) is 0. The van der Waals surface area contributed by atoms with Gasteiger partial charge in [0.1, 0.15) is 5.75 Å². The molecule has 0 saturated carbocycles. The fourth-order valence-corrected chi connectivity index (χ4v) is 1.36. The quantitative estimate of drug-likeness (QED) is 0.760. The number of rotatable bonds is 4. The highest BCUT2D eigenvalue weighted by atomic mass is 16.5. The minimum Gasteiger partial charge on any atom is -0.497 e. The van der Waals surface area contributed by atoms with Crippen LogP contribution in [0.4, 0.5) is 0 Å². The molecule has 2 heteroatoms. The van der Waals surface area contributed by atoms with Crippen molar-refractivity contribution in [3.63, 3.8) is 0 Å². The first-order chi connectivity index (χ1) is 7.26. The average Bonchev–Trinajstić information content (AvgIpc) is 2.26. The monoisotopic (exact) mass is 204 g/mol. The minimum atomic E-state index is -0.399. The van der Waals surface area contributed by atoms with Gasteiger partial charge in [-0.15, -0.1) is 11.8 Å². The van der Waals surface area contributed by atoms with Gasteiger partial charge in [0, 0.05) is 6.42 Å². The van der Waals surface area contributed by atoms with Crippen molar-refractivity contribution < 1.29 is 9.84 Å². The largest absolute Gasteiger partial charge is 0.497 e. The van der Waals surface area contributed by atoms with Crippen LogP contribution in [0, 0.1) is 11.8 Å². The van der Waals surface area contributed by atoms with E-state index in [1.165, 1.54) is 0 Å². The molecule has 0 amide bonds. The van der Waals surface area contributed by atoms with Crippen LogP contribution in [0.3, 0.4) is 0 Å². The molecule has 0 radical (unpaired) electrons. The second-order valence-electron chi connectivity index (χ2n) is 3.34. The van der Waals surface area contributed by atoms with Crippen LogP contribution in [-0.2, 0) is 6.42 Å². The van der Waals surface area contributed by atoms with E-state index in [-0.39, 0.29) is 0 Å². The van der Waals surface area contributed by atoms with Gasteiger partial charge in [-0.25, -0.2) is 0 Å². The molecule has 0 bridgehead atoms. The lowest BCUT2D eigenvalue weighted by Crippen LogP contribution is -2.09. The number of ether oxygens (including phenoxy) is 1. The van der Waals surface area contributed by atoms with E-state index < -0.39 is 6.10 Å². The Morgan fingerprint density at radius 2 is 2.27 bits per heavy atom. The fraction of sp³-hybridized carbons (Fsp3) is 0.385. The highest BCUT2D eigenvalue weighted by Crippen LogP contribution is 2.14. The van der Waals surface area contributed by atoms with Crippen molar-refractivity contribution in [2.45, 2.75) is 25.9 Å². The van der Waals surface area contributed by atoms with Gasteiger partial charge < -0.3 is 9.84 Å². The van der Waals surface area contributed by atoms with Gasteiger partial charge in [-0.1, -0.05) is 12.1 Å². The van der Waals surface area contributed by atoms with Crippen molar-refractivity contribution in [3.05, 3.63) is 29.8 Å². The summed E-state index contributed by atoms with van der Waals surface area (Å²) < 4.78 is 5.11. The smallest absolute Gasteiger partial charge is 0.119 e. The van der Waals surface area contributed by atoms with Crippen molar-refractivity contribution in [1.82, 2.24) is 0 Å². The molecule has 1 rings (SSSR count). The van der Waals surface area contributed by atoms with Crippen LogP contribution < -0.4 is 4.74 Å². The van der Waals surface area contributed by atoms with Gasteiger partial charge in [-0.05, 0) is 31.0 Å². The predicted molar refractivity (Wildman–Crippen MR) is 60.8 cm³/mol. The third-order valence-electron chi connectivity index (χ3n) is 2.12. The van der Waals surface area contributed by atoms with Crippen LogP contribution in [0.5, 0.6) is 5.75 Å². The number of methoxy groups -OCH3 is 1.